The van der Waals surface area contributed by atoms with E-state index in [1.54, 1.807) is 55.6 Å². The zero-order chi connectivity index (χ0) is 22.2. The SMILES string of the molecule is COc1ccc2nc(NC(=O)c3ccc(CN4C(=O)c5ccccc5C4=O)cc3)sc2c1. The van der Waals surface area contributed by atoms with Crippen LogP contribution in [0, 0.1) is 0 Å². The first kappa shape index (κ1) is 19.9. The minimum Gasteiger partial charge on any atom is -0.497 e. The van der Waals surface area contributed by atoms with Crippen molar-refractivity contribution in [1.82, 2.24) is 9.88 Å². The Morgan fingerprint density at radius 3 is 2.34 bits per heavy atom. The van der Waals surface area contributed by atoms with Gasteiger partial charge >= 0.3 is 0 Å². The highest BCUT2D eigenvalue weighted by atomic mass is 32.1. The van der Waals surface area contributed by atoms with Crippen molar-refractivity contribution in [2.24, 2.45) is 0 Å². The van der Waals surface area contributed by atoms with Crippen LogP contribution in [0.3, 0.4) is 0 Å². The van der Waals surface area contributed by atoms with Gasteiger partial charge in [0.05, 0.1) is 35.0 Å². The van der Waals surface area contributed by atoms with Crippen LogP contribution in [0.4, 0.5) is 5.13 Å². The van der Waals surface area contributed by atoms with Crippen LogP contribution in [0.15, 0.2) is 66.7 Å². The smallest absolute Gasteiger partial charge is 0.261 e. The van der Waals surface area contributed by atoms with Crippen molar-refractivity contribution in [3.63, 3.8) is 0 Å². The number of hydrogen-bond donors (Lipinski definition) is 1. The molecule has 0 saturated heterocycles. The fourth-order valence-electron chi connectivity index (χ4n) is 3.58. The fraction of sp³-hybridized carbons (Fsp3) is 0.0833. The van der Waals surface area contributed by atoms with Gasteiger partial charge in [-0.2, -0.15) is 0 Å². The summed E-state index contributed by atoms with van der Waals surface area (Å²) in [4.78, 5) is 43.3. The van der Waals surface area contributed by atoms with E-state index in [1.165, 1.54) is 16.2 Å². The number of ether oxygens (including phenoxy) is 1. The monoisotopic (exact) mass is 443 g/mol. The van der Waals surface area contributed by atoms with E-state index in [0.717, 1.165) is 21.5 Å². The molecule has 7 nitrogen and oxygen atoms in total. The van der Waals surface area contributed by atoms with Crippen LogP contribution in [-0.4, -0.2) is 34.7 Å². The normalized spacial score (nSPS) is 12.8. The topological polar surface area (TPSA) is 88.6 Å². The molecule has 1 aliphatic heterocycles. The van der Waals surface area contributed by atoms with Crippen LogP contribution in [0.25, 0.3) is 10.2 Å². The number of hydrogen-bond acceptors (Lipinski definition) is 6. The number of thiazole rings is 1. The molecule has 3 aromatic carbocycles. The Balaban J connectivity index is 1.28. The van der Waals surface area contributed by atoms with Gasteiger partial charge in [0.25, 0.3) is 17.7 Å². The van der Waals surface area contributed by atoms with E-state index in [4.69, 9.17) is 4.74 Å². The van der Waals surface area contributed by atoms with Crippen LogP contribution < -0.4 is 10.1 Å². The molecule has 4 aromatic rings. The Bertz CT molecular complexity index is 1340. The van der Waals surface area contributed by atoms with Crippen LogP contribution >= 0.6 is 11.3 Å². The van der Waals surface area contributed by atoms with E-state index in [1.807, 2.05) is 18.2 Å². The lowest BCUT2D eigenvalue weighted by molar-refractivity contribution is 0.0642. The number of anilines is 1. The molecule has 0 aliphatic carbocycles. The number of imide groups is 1. The highest BCUT2D eigenvalue weighted by molar-refractivity contribution is 7.22. The van der Waals surface area contributed by atoms with Gasteiger partial charge in [0.15, 0.2) is 5.13 Å². The zero-order valence-electron chi connectivity index (χ0n) is 17.0. The van der Waals surface area contributed by atoms with Crippen molar-refractivity contribution in [1.29, 1.82) is 0 Å². The largest absolute Gasteiger partial charge is 0.497 e. The molecule has 0 radical (unpaired) electrons. The fourth-order valence-corrected chi connectivity index (χ4v) is 4.47. The number of aromatic nitrogens is 1. The number of rotatable bonds is 5. The lowest BCUT2D eigenvalue weighted by Gasteiger charge is -2.14. The lowest BCUT2D eigenvalue weighted by Crippen LogP contribution is -2.29. The zero-order valence-corrected chi connectivity index (χ0v) is 17.8. The van der Waals surface area contributed by atoms with E-state index >= 15 is 0 Å². The molecule has 0 unspecified atom stereocenters. The molecule has 0 saturated carbocycles. The Labute approximate surface area is 187 Å². The summed E-state index contributed by atoms with van der Waals surface area (Å²) in [6.45, 7) is 0.147. The summed E-state index contributed by atoms with van der Waals surface area (Å²) in [5, 5.41) is 3.31. The molecule has 3 amide bonds. The number of methoxy groups -OCH3 is 1. The maximum Gasteiger partial charge on any atom is 0.261 e. The molecule has 2 heterocycles. The molecule has 1 aromatic heterocycles. The second-order valence-corrected chi connectivity index (χ2v) is 8.28. The molecule has 0 spiro atoms. The summed E-state index contributed by atoms with van der Waals surface area (Å²) in [7, 11) is 1.60. The number of carbonyl (C=O) groups excluding carboxylic acids is 3. The summed E-state index contributed by atoms with van der Waals surface area (Å²) in [6, 6.07) is 19.1. The Morgan fingerprint density at radius 2 is 1.69 bits per heavy atom. The van der Waals surface area contributed by atoms with Gasteiger partial charge in [-0.15, -0.1) is 0 Å². The number of amides is 3. The average Bonchev–Trinajstić information content (AvgIpc) is 3.32. The van der Waals surface area contributed by atoms with Crippen LogP contribution in [0.1, 0.15) is 36.6 Å². The van der Waals surface area contributed by atoms with E-state index in [2.05, 4.69) is 10.3 Å². The molecular formula is C24H17N3O4S. The third-order valence-corrected chi connectivity index (χ3v) is 6.18. The maximum absolute atomic E-state index is 12.6. The molecule has 0 bridgehead atoms. The summed E-state index contributed by atoms with van der Waals surface area (Å²) >= 11 is 1.36. The van der Waals surface area contributed by atoms with Crippen molar-refractivity contribution in [2.75, 3.05) is 12.4 Å². The van der Waals surface area contributed by atoms with Crippen molar-refractivity contribution < 1.29 is 19.1 Å². The van der Waals surface area contributed by atoms with Crippen LogP contribution in [0.2, 0.25) is 0 Å². The third kappa shape index (κ3) is 3.50. The summed E-state index contributed by atoms with van der Waals surface area (Å²) in [6.07, 6.45) is 0. The Hall–Kier alpha value is -4.04. The van der Waals surface area contributed by atoms with Crippen molar-refractivity contribution in [3.8, 4) is 5.75 Å². The molecule has 32 heavy (non-hydrogen) atoms. The molecule has 0 atom stereocenters. The van der Waals surface area contributed by atoms with Gasteiger partial charge in [-0.25, -0.2) is 4.98 Å². The number of benzene rings is 3. The molecule has 158 valence electrons. The van der Waals surface area contributed by atoms with E-state index in [0.29, 0.717) is 21.8 Å². The van der Waals surface area contributed by atoms with E-state index < -0.39 is 0 Å². The third-order valence-electron chi connectivity index (χ3n) is 5.25. The molecule has 8 heteroatoms. The van der Waals surface area contributed by atoms with E-state index in [9.17, 15) is 14.4 Å². The molecule has 0 fully saturated rings. The summed E-state index contributed by atoms with van der Waals surface area (Å²) < 4.78 is 6.13. The predicted octanol–water partition coefficient (Wildman–Crippen LogP) is 4.35. The standard InChI is InChI=1S/C24H17N3O4S/c1-31-16-10-11-19-20(12-16)32-24(25-19)26-21(28)15-8-6-14(7-9-15)13-27-22(29)17-4-2-3-5-18(17)23(27)30/h2-12H,13H2,1H3,(H,25,26,28). The first-order valence-corrected chi connectivity index (χ1v) is 10.7. The highest BCUT2D eigenvalue weighted by Crippen LogP contribution is 2.29. The number of nitrogens with zero attached hydrogens (tertiary/aromatic N) is 2. The second-order valence-electron chi connectivity index (χ2n) is 7.25. The van der Waals surface area contributed by atoms with E-state index in [-0.39, 0.29) is 24.3 Å². The van der Waals surface area contributed by atoms with Crippen LogP contribution in [0.5, 0.6) is 5.75 Å². The van der Waals surface area contributed by atoms with Gasteiger partial charge in [0.1, 0.15) is 5.75 Å². The number of fused-ring (bicyclic) bond motifs is 2. The Morgan fingerprint density at radius 1 is 1.00 bits per heavy atom. The average molecular weight is 443 g/mol. The molecular weight excluding hydrogens is 426 g/mol. The number of carbonyl (C=O) groups is 3. The van der Waals surface area contributed by atoms with Crippen LogP contribution in [-0.2, 0) is 6.54 Å². The molecule has 1 N–H and O–H groups in total. The summed E-state index contributed by atoms with van der Waals surface area (Å²) in [5.41, 5.74) is 2.82. The quantitative estimate of drug-likeness (QED) is 0.463. The highest BCUT2D eigenvalue weighted by Gasteiger charge is 2.34. The van der Waals surface area contributed by atoms with Gasteiger partial charge in [0, 0.05) is 5.56 Å². The van der Waals surface area contributed by atoms with Crippen molar-refractivity contribution >= 4 is 44.4 Å². The van der Waals surface area contributed by atoms with Crippen molar-refractivity contribution in [2.45, 2.75) is 6.54 Å². The number of nitrogens with one attached hydrogen (secondary N) is 1. The lowest BCUT2D eigenvalue weighted by atomic mass is 10.1. The van der Waals surface area contributed by atoms with Gasteiger partial charge < -0.3 is 4.74 Å². The van der Waals surface area contributed by atoms with Gasteiger partial charge in [-0.1, -0.05) is 35.6 Å². The Kier molecular flexibility index (Phi) is 4.91. The summed E-state index contributed by atoms with van der Waals surface area (Å²) in [5.74, 6) is -0.171. The maximum atomic E-state index is 12.6. The van der Waals surface area contributed by atoms with Gasteiger partial charge in [-0.05, 0) is 48.0 Å². The van der Waals surface area contributed by atoms with Gasteiger partial charge in [0.2, 0.25) is 0 Å². The van der Waals surface area contributed by atoms with Gasteiger partial charge in [-0.3, -0.25) is 24.6 Å². The minimum atomic E-state index is -0.306. The molecule has 1 aliphatic rings. The molecule has 5 rings (SSSR count). The first-order chi connectivity index (χ1) is 15.5. The minimum absolute atomic E-state index is 0.147. The second kappa shape index (κ2) is 7.90. The van der Waals surface area contributed by atoms with Crippen molar-refractivity contribution in [3.05, 3.63) is 89.0 Å². The predicted molar refractivity (Wildman–Crippen MR) is 121 cm³/mol. The first-order valence-electron chi connectivity index (χ1n) is 9.83.